The molecule has 1 aliphatic heterocycles. The third-order valence-corrected chi connectivity index (χ3v) is 5.23. The van der Waals surface area contributed by atoms with Crippen molar-refractivity contribution in [1.29, 1.82) is 0 Å². The van der Waals surface area contributed by atoms with Gasteiger partial charge in [-0.25, -0.2) is 14.6 Å². The van der Waals surface area contributed by atoms with E-state index in [-0.39, 0.29) is 24.3 Å². The van der Waals surface area contributed by atoms with Crippen LogP contribution in [0.4, 0.5) is 11.8 Å². The molecule has 2 N–H and O–H groups in total. The smallest absolute Gasteiger partial charge is 0.258 e. The molecule has 1 fully saturated rings. The number of hydrogen-bond acceptors (Lipinski definition) is 6. The van der Waals surface area contributed by atoms with Crippen LogP contribution in [0.15, 0.2) is 36.7 Å². The Morgan fingerprint density at radius 2 is 1.87 bits per heavy atom. The van der Waals surface area contributed by atoms with Crippen LogP contribution in [0.3, 0.4) is 0 Å². The number of rotatable bonds is 5. The molecular formula is C21H25N7O2. The summed E-state index contributed by atoms with van der Waals surface area (Å²) in [6, 6.07) is 9.14. The number of hydrogen-bond donors (Lipinski definition) is 2. The Morgan fingerprint density at radius 3 is 2.63 bits per heavy atom. The summed E-state index contributed by atoms with van der Waals surface area (Å²) in [5.41, 5.74) is 1.19. The molecule has 4 rings (SSSR count). The monoisotopic (exact) mass is 407 g/mol. The normalized spacial score (nSPS) is 14.4. The standard InChI is InChI=1S/C21H25N7O2/c1-22-18-12-16(15-8-4-5-9-17(15)24-18)20(30)25-21-23-14-28(26-21)13-19(29)27-10-6-2-3-7-11-27/h4-5,8-9,12,14H,2-3,6-7,10-11,13H2,1H3,(H,22,24)(H,25,26,30). The molecule has 1 aliphatic rings. The molecule has 0 radical (unpaired) electrons. The van der Waals surface area contributed by atoms with Crippen LogP contribution in [0, 0.1) is 0 Å². The van der Waals surface area contributed by atoms with Gasteiger partial charge in [0.2, 0.25) is 11.9 Å². The summed E-state index contributed by atoms with van der Waals surface area (Å²) in [6.45, 7) is 1.70. The van der Waals surface area contributed by atoms with Crippen LogP contribution in [0.25, 0.3) is 10.9 Å². The average Bonchev–Trinajstić information content (AvgIpc) is 3.01. The van der Waals surface area contributed by atoms with Gasteiger partial charge in [-0.1, -0.05) is 31.0 Å². The van der Waals surface area contributed by atoms with Crippen LogP contribution < -0.4 is 10.6 Å². The maximum atomic E-state index is 12.9. The molecule has 0 atom stereocenters. The van der Waals surface area contributed by atoms with Gasteiger partial charge in [-0.05, 0) is 25.0 Å². The van der Waals surface area contributed by atoms with E-state index in [4.69, 9.17) is 0 Å². The van der Waals surface area contributed by atoms with E-state index in [1.165, 1.54) is 23.9 Å². The Labute approximate surface area is 174 Å². The van der Waals surface area contributed by atoms with Gasteiger partial charge in [0.05, 0.1) is 11.1 Å². The second-order valence-electron chi connectivity index (χ2n) is 7.34. The molecule has 9 nitrogen and oxygen atoms in total. The van der Waals surface area contributed by atoms with Crippen LogP contribution in [-0.4, -0.2) is 56.6 Å². The van der Waals surface area contributed by atoms with E-state index in [2.05, 4.69) is 25.7 Å². The largest absolute Gasteiger partial charge is 0.373 e. The molecule has 1 aromatic carbocycles. The minimum absolute atomic E-state index is 0.0264. The van der Waals surface area contributed by atoms with Crippen molar-refractivity contribution in [3.05, 3.63) is 42.2 Å². The van der Waals surface area contributed by atoms with Crippen molar-refractivity contribution in [3.8, 4) is 0 Å². The van der Waals surface area contributed by atoms with Gasteiger partial charge in [0.1, 0.15) is 18.7 Å². The molecule has 3 heterocycles. The predicted molar refractivity (Wildman–Crippen MR) is 114 cm³/mol. The zero-order chi connectivity index (χ0) is 20.9. The summed E-state index contributed by atoms with van der Waals surface area (Å²) in [6.07, 6.45) is 5.89. The summed E-state index contributed by atoms with van der Waals surface area (Å²) >= 11 is 0. The van der Waals surface area contributed by atoms with Crippen LogP contribution in [-0.2, 0) is 11.3 Å². The number of amides is 2. The van der Waals surface area contributed by atoms with Crippen molar-refractivity contribution in [2.45, 2.75) is 32.2 Å². The number of carbonyl (C=O) groups is 2. The van der Waals surface area contributed by atoms with E-state index in [9.17, 15) is 9.59 Å². The summed E-state index contributed by atoms with van der Waals surface area (Å²) in [7, 11) is 1.75. The number of carbonyl (C=O) groups excluding carboxylic acids is 2. The van der Waals surface area contributed by atoms with Gasteiger partial charge < -0.3 is 10.2 Å². The Bertz CT molecular complexity index is 1050. The van der Waals surface area contributed by atoms with Crippen molar-refractivity contribution in [2.24, 2.45) is 0 Å². The molecule has 156 valence electrons. The number of likely N-dealkylation sites (tertiary alicyclic amines) is 1. The number of pyridine rings is 1. The van der Waals surface area contributed by atoms with Crippen molar-refractivity contribution in [2.75, 3.05) is 30.8 Å². The minimum Gasteiger partial charge on any atom is -0.373 e. The first-order chi connectivity index (χ1) is 14.6. The first kappa shape index (κ1) is 19.8. The highest BCUT2D eigenvalue weighted by molar-refractivity contribution is 6.12. The Kier molecular flexibility index (Phi) is 5.87. The third kappa shape index (κ3) is 4.40. The van der Waals surface area contributed by atoms with Crippen molar-refractivity contribution < 1.29 is 9.59 Å². The first-order valence-electron chi connectivity index (χ1n) is 10.2. The predicted octanol–water partition coefficient (Wildman–Crippen LogP) is 2.52. The van der Waals surface area contributed by atoms with Crippen molar-refractivity contribution in [3.63, 3.8) is 0 Å². The number of para-hydroxylation sites is 1. The fraction of sp³-hybridized carbons (Fsp3) is 0.381. The second kappa shape index (κ2) is 8.89. The number of aromatic nitrogens is 4. The highest BCUT2D eigenvalue weighted by Gasteiger charge is 2.18. The highest BCUT2D eigenvalue weighted by Crippen LogP contribution is 2.21. The lowest BCUT2D eigenvalue weighted by Gasteiger charge is -2.19. The maximum Gasteiger partial charge on any atom is 0.258 e. The van der Waals surface area contributed by atoms with E-state index >= 15 is 0 Å². The topological polar surface area (TPSA) is 105 Å². The molecule has 2 aromatic heterocycles. The number of anilines is 2. The lowest BCUT2D eigenvalue weighted by molar-refractivity contribution is -0.132. The van der Waals surface area contributed by atoms with E-state index in [0.717, 1.165) is 36.8 Å². The molecular weight excluding hydrogens is 382 g/mol. The van der Waals surface area contributed by atoms with E-state index in [1.807, 2.05) is 29.2 Å². The molecule has 3 aromatic rings. The van der Waals surface area contributed by atoms with E-state index < -0.39 is 0 Å². The van der Waals surface area contributed by atoms with Gasteiger partial charge in [-0.2, -0.15) is 0 Å². The molecule has 0 bridgehead atoms. The van der Waals surface area contributed by atoms with E-state index in [0.29, 0.717) is 11.4 Å². The van der Waals surface area contributed by atoms with Crippen molar-refractivity contribution >= 4 is 34.5 Å². The van der Waals surface area contributed by atoms with E-state index in [1.54, 1.807) is 13.1 Å². The Balaban J connectivity index is 1.47. The minimum atomic E-state index is -0.332. The average molecular weight is 407 g/mol. The van der Waals surface area contributed by atoms with Gasteiger partial charge in [0, 0.05) is 25.5 Å². The van der Waals surface area contributed by atoms with Crippen LogP contribution >= 0.6 is 0 Å². The molecule has 0 aliphatic carbocycles. The Hall–Kier alpha value is -3.49. The van der Waals surface area contributed by atoms with Crippen LogP contribution in [0.5, 0.6) is 0 Å². The molecule has 9 heteroatoms. The molecule has 30 heavy (non-hydrogen) atoms. The number of benzene rings is 1. The van der Waals surface area contributed by atoms with Gasteiger partial charge in [-0.15, -0.1) is 5.10 Å². The second-order valence-corrected chi connectivity index (χ2v) is 7.34. The van der Waals surface area contributed by atoms with Gasteiger partial charge in [0.25, 0.3) is 5.91 Å². The fourth-order valence-corrected chi connectivity index (χ4v) is 3.65. The maximum absolute atomic E-state index is 12.9. The Morgan fingerprint density at radius 1 is 1.10 bits per heavy atom. The zero-order valence-electron chi connectivity index (χ0n) is 17.0. The zero-order valence-corrected chi connectivity index (χ0v) is 17.0. The lowest BCUT2D eigenvalue weighted by Crippen LogP contribution is -2.34. The summed E-state index contributed by atoms with van der Waals surface area (Å²) in [4.78, 5) is 35.9. The summed E-state index contributed by atoms with van der Waals surface area (Å²) in [5, 5.41) is 10.7. The molecule has 0 spiro atoms. The third-order valence-electron chi connectivity index (χ3n) is 5.23. The van der Waals surface area contributed by atoms with Gasteiger partial charge in [-0.3, -0.25) is 14.9 Å². The van der Waals surface area contributed by atoms with Crippen LogP contribution in [0.1, 0.15) is 36.0 Å². The molecule has 0 saturated carbocycles. The summed E-state index contributed by atoms with van der Waals surface area (Å²) in [5.74, 6) is 0.455. The highest BCUT2D eigenvalue weighted by atomic mass is 16.2. The SMILES string of the molecule is CNc1cc(C(=O)Nc2ncn(CC(=O)N3CCCCCC3)n2)c2ccccc2n1. The van der Waals surface area contributed by atoms with Gasteiger partial charge in [0.15, 0.2) is 0 Å². The lowest BCUT2D eigenvalue weighted by atomic mass is 10.1. The van der Waals surface area contributed by atoms with Crippen LogP contribution in [0.2, 0.25) is 0 Å². The molecule has 1 saturated heterocycles. The van der Waals surface area contributed by atoms with Gasteiger partial charge >= 0.3 is 0 Å². The fourth-order valence-electron chi connectivity index (χ4n) is 3.65. The quantitative estimate of drug-likeness (QED) is 0.673. The molecule has 0 unspecified atom stereocenters. The first-order valence-corrected chi connectivity index (χ1v) is 10.2. The number of nitrogens with zero attached hydrogens (tertiary/aromatic N) is 5. The number of nitrogens with one attached hydrogen (secondary N) is 2. The molecule has 2 amide bonds. The number of fused-ring (bicyclic) bond motifs is 1. The summed E-state index contributed by atoms with van der Waals surface area (Å²) < 4.78 is 1.46. The van der Waals surface area contributed by atoms with Crippen molar-refractivity contribution in [1.82, 2.24) is 24.6 Å².